The first-order chi connectivity index (χ1) is 14.2. The molecular weight excluding hydrogens is 370 g/mol. The molecule has 0 bridgehead atoms. The Morgan fingerprint density at radius 2 is 1.79 bits per heavy atom. The Hall–Kier alpha value is -3.06. The molecule has 0 aliphatic heterocycles. The van der Waals surface area contributed by atoms with Gasteiger partial charge in [0.15, 0.2) is 11.5 Å². The topological polar surface area (TPSA) is 74.6 Å². The van der Waals surface area contributed by atoms with E-state index >= 15 is 0 Å². The predicted molar refractivity (Wildman–Crippen MR) is 111 cm³/mol. The molecule has 3 rings (SSSR count). The van der Waals surface area contributed by atoms with Crippen LogP contribution in [0.3, 0.4) is 0 Å². The van der Waals surface area contributed by atoms with Crippen LogP contribution in [0.2, 0.25) is 0 Å². The number of nitrogens with zero attached hydrogens (tertiary/aromatic N) is 2. The van der Waals surface area contributed by atoms with Gasteiger partial charge in [0, 0.05) is 13.7 Å². The number of para-hydroxylation sites is 4. The minimum absolute atomic E-state index is 0.0422. The third-order valence-electron chi connectivity index (χ3n) is 4.56. The van der Waals surface area contributed by atoms with Gasteiger partial charge in [-0.3, -0.25) is 4.79 Å². The largest absolute Gasteiger partial charge is 0.493 e. The molecule has 1 heterocycles. The van der Waals surface area contributed by atoms with Gasteiger partial charge in [0.2, 0.25) is 5.91 Å². The maximum absolute atomic E-state index is 11.7. The Labute approximate surface area is 170 Å². The molecule has 1 N–H and O–H groups in total. The summed E-state index contributed by atoms with van der Waals surface area (Å²) in [5.41, 5.74) is 1.99. The van der Waals surface area contributed by atoms with E-state index in [1.165, 1.54) is 7.11 Å². The number of hydrogen-bond donors (Lipinski definition) is 1. The standard InChI is InChI=1S/C22H27N3O4/c1-27-16-22(26)23-15-21-24-17-9-3-4-10-18(17)25(21)13-7-8-14-29-20-12-6-5-11-19(20)28-2/h3-6,9-12H,7-8,13-16H2,1-2H3,(H,23,26). The maximum atomic E-state index is 11.7. The van der Waals surface area contributed by atoms with Gasteiger partial charge in [-0.15, -0.1) is 0 Å². The number of carbonyl (C=O) groups is 1. The van der Waals surface area contributed by atoms with E-state index in [0.717, 1.165) is 47.7 Å². The fourth-order valence-corrected chi connectivity index (χ4v) is 3.16. The van der Waals surface area contributed by atoms with Crippen LogP contribution in [0, 0.1) is 0 Å². The third-order valence-corrected chi connectivity index (χ3v) is 4.56. The van der Waals surface area contributed by atoms with Crippen LogP contribution in [0.4, 0.5) is 0 Å². The normalized spacial score (nSPS) is 10.8. The summed E-state index contributed by atoms with van der Waals surface area (Å²) in [4.78, 5) is 16.4. The predicted octanol–water partition coefficient (Wildman–Crippen LogP) is 3.17. The molecule has 7 heteroatoms. The highest BCUT2D eigenvalue weighted by molar-refractivity contribution is 5.78. The fourth-order valence-electron chi connectivity index (χ4n) is 3.16. The van der Waals surface area contributed by atoms with Crippen LogP contribution in [0.15, 0.2) is 48.5 Å². The van der Waals surface area contributed by atoms with E-state index in [1.54, 1.807) is 7.11 Å². The van der Waals surface area contributed by atoms with Crippen molar-refractivity contribution >= 4 is 16.9 Å². The molecule has 1 aromatic heterocycles. The lowest BCUT2D eigenvalue weighted by Gasteiger charge is -2.12. The zero-order valence-electron chi connectivity index (χ0n) is 16.9. The van der Waals surface area contributed by atoms with Gasteiger partial charge in [0.1, 0.15) is 12.4 Å². The summed E-state index contributed by atoms with van der Waals surface area (Å²) in [6.07, 6.45) is 1.81. The van der Waals surface area contributed by atoms with Crippen LogP contribution >= 0.6 is 0 Å². The molecule has 0 saturated carbocycles. The fraction of sp³-hybridized carbons (Fsp3) is 0.364. The Morgan fingerprint density at radius 1 is 1.03 bits per heavy atom. The van der Waals surface area contributed by atoms with Crippen molar-refractivity contribution in [1.29, 1.82) is 0 Å². The highest BCUT2D eigenvalue weighted by Gasteiger charge is 2.11. The van der Waals surface area contributed by atoms with E-state index in [1.807, 2.05) is 48.5 Å². The summed E-state index contributed by atoms with van der Waals surface area (Å²) in [5, 5.41) is 2.85. The molecule has 7 nitrogen and oxygen atoms in total. The van der Waals surface area contributed by atoms with E-state index in [0.29, 0.717) is 13.2 Å². The molecule has 2 aromatic carbocycles. The average molecular weight is 397 g/mol. The van der Waals surface area contributed by atoms with Crippen molar-refractivity contribution in [3.63, 3.8) is 0 Å². The Balaban J connectivity index is 1.58. The number of nitrogens with one attached hydrogen (secondary N) is 1. The minimum atomic E-state index is -0.156. The van der Waals surface area contributed by atoms with E-state index in [-0.39, 0.29) is 12.5 Å². The van der Waals surface area contributed by atoms with Crippen molar-refractivity contribution < 1.29 is 19.0 Å². The lowest BCUT2D eigenvalue weighted by molar-refractivity contribution is -0.124. The Bertz CT molecular complexity index is 939. The number of fused-ring (bicyclic) bond motifs is 1. The summed E-state index contributed by atoms with van der Waals surface area (Å²) in [6.45, 7) is 1.81. The number of benzene rings is 2. The number of aryl methyl sites for hydroxylation is 1. The van der Waals surface area contributed by atoms with Gasteiger partial charge in [-0.05, 0) is 37.1 Å². The summed E-state index contributed by atoms with van der Waals surface area (Å²) in [5.74, 6) is 2.17. The number of ether oxygens (including phenoxy) is 3. The summed E-state index contributed by atoms with van der Waals surface area (Å²) in [7, 11) is 3.14. The van der Waals surface area contributed by atoms with Crippen LogP contribution in [-0.2, 0) is 22.6 Å². The molecule has 0 unspecified atom stereocenters. The zero-order chi connectivity index (χ0) is 20.5. The van der Waals surface area contributed by atoms with E-state index in [9.17, 15) is 4.79 Å². The van der Waals surface area contributed by atoms with Crippen molar-refractivity contribution in [1.82, 2.24) is 14.9 Å². The number of unbranched alkanes of at least 4 members (excludes halogenated alkanes) is 1. The summed E-state index contributed by atoms with van der Waals surface area (Å²) < 4.78 is 18.2. The summed E-state index contributed by atoms with van der Waals surface area (Å²) >= 11 is 0. The second-order valence-electron chi connectivity index (χ2n) is 6.58. The van der Waals surface area contributed by atoms with Gasteiger partial charge >= 0.3 is 0 Å². The number of amides is 1. The number of imidazole rings is 1. The number of aromatic nitrogens is 2. The van der Waals surface area contributed by atoms with Crippen molar-refractivity contribution in [3.05, 3.63) is 54.4 Å². The first kappa shape index (κ1) is 20.7. The van der Waals surface area contributed by atoms with Gasteiger partial charge < -0.3 is 24.1 Å². The van der Waals surface area contributed by atoms with Crippen LogP contribution < -0.4 is 14.8 Å². The number of rotatable bonds is 11. The second kappa shape index (κ2) is 10.5. The van der Waals surface area contributed by atoms with Gasteiger partial charge in [-0.1, -0.05) is 24.3 Å². The van der Waals surface area contributed by atoms with Crippen molar-refractivity contribution in [2.24, 2.45) is 0 Å². The maximum Gasteiger partial charge on any atom is 0.246 e. The average Bonchev–Trinajstić information content (AvgIpc) is 3.10. The van der Waals surface area contributed by atoms with Crippen molar-refractivity contribution in [2.45, 2.75) is 25.9 Å². The molecule has 154 valence electrons. The number of carbonyl (C=O) groups excluding carboxylic acids is 1. The van der Waals surface area contributed by atoms with Gasteiger partial charge in [0.25, 0.3) is 0 Å². The molecule has 1 amide bonds. The SMILES string of the molecule is COCC(=O)NCc1nc2ccccc2n1CCCCOc1ccccc1OC. The Morgan fingerprint density at radius 3 is 2.59 bits per heavy atom. The van der Waals surface area contributed by atoms with Crippen molar-refractivity contribution in [2.75, 3.05) is 27.4 Å². The van der Waals surface area contributed by atoms with Crippen molar-refractivity contribution in [3.8, 4) is 11.5 Å². The molecule has 29 heavy (non-hydrogen) atoms. The Kier molecular flexibility index (Phi) is 7.47. The van der Waals surface area contributed by atoms with Crippen LogP contribution in [0.25, 0.3) is 11.0 Å². The second-order valence-corrected chi connectivity index (χ2v) is 6.58. The lowest BCUT2D eigenvalue weighted by Crippen LogP contribution is -2.28. The molecular formula is C22H27N3O4. The van der Waals surface area contributed by atoms with E-state index in [2.05, 4.69) is 14.9 Å². The quantitative estimate of drug-likeness (QED) is 0.503. The molecule has 0 atom stereocenters. The zero-order valence-corrected chi connectivity index (χ0v) is 16.9. The first-order valence-corrected chi connectivity index (χ1v) is 9.68. The van der Waals surface area contributed by atoms with Crippen LogP contribution in [0.1, 0.15) is 18.7 Å². The molecule has 0 fully saturated rings. The number of methoxy groups -OCH3 is 2. The van der Waals surface area contributed by atoms with Gasteiger partial charge in [0.05, 0.1) is 31.3 Å². The monoisotopic (exact) mass is 397 g/mol. The van der Waals surface area contributed by atoms with Crippen LogP contribution in [-0.4, -0.2) is 42.9 Å². The highest BCUT2D eigenvalue weighted by Crippen LogP contribution is 2.26. The molecule has 0 saturated heterocycles. The van der Waals surface area contributed by atoms with Gasteiger partial charge in [-0.25, -0.2) is 4.98 Å². The van der Waals surface area contributed by atoms with E-state index in [4.69, 9.17) is 14.2 Å². The third kappa shape index (κ3) is 5.48. The molecule has 0 radical (unpaired) electrons. The molecule has 0 spiro atoms. The smallest absolute Gasteiger partial charge is 0.246 e. The minimum Gasteiger partial charge on any atom is -0.493 e. The molecule has 0 aliphatic rings. The molecule has 3 aromatic rings. The van der Waals surface area contributed by atoms with Crippen LogP contribution in [0.5, 0.6) is 11.5 Å². The number of hydrogen-bond acceptors (Lipinski definition) is 5. The first-order valence-electron chi connectivity index (χ1n) is 9.68. The lowest BCUT2D eigenvalue weighted by atomic mass is 10.3. The molecule has 0 aliphatic carbocycles. The van der Waals surface area contributed by atoms with E-state index < -0.39 is 0 Å². The highest BCUT2D eigenvalue weighted by atomic mass is 16.5. The van der Waals surface area contributed by atoms with Gasteiger partial charge in [-0.2, -0.15) is 0 Å². The summed E-state index contributed by atoms with van der Waals surface area (Å²) in [6, 6.07) is 15.6.